The summed E-state index contributed by atoms with van der Waals surface area (Å²) in [5.74, 6) is 0.670. The van der Waals surface area contributed by atoms with Gasteiger partial charge in [0.05, 0.1) is 5.92 Å². The van der Waals surface area contributed by atoms with E-state index in [2.05, 4.69) is 5.32 Å². The smallest absolute Gasteiger partial charge is 0.170 e. The molecule has 1 spiro atoms. The molecule has 2 heteroatoms. The van der Waals surface area contributed by atoms with Crippen molar-refractivity contribution in [2.75, 3.05) is 5.32 Å². The molecule has 4 rings (SSSR count). The highest BCUT2D eigenvalue weighted by molar-refractivity contribution is 6.08. The van der Waals surface area contributed by atoms with Crippen LogP contribution in [0, 0.1) is 11.3 Å². The van der Waals surface area contributed by atoms with Crippen LogP contribution in [0.3, 0.4) is 0 Å². The van der Waals surface area contributed by atoms with Gasteiger partial charge in [0.1, 0.15) is 0 Å². The lowest BCUT2D eigenvalue weighted by Gasteiger charge is -2.22. The number of hydrogen-bond acceptors (Lipinski definition) is 2. The molecule has 0 bridgehead atoms. The summed E-state index contributed by atoms with van der Waals surface area (Å²) in [6, 6.07) is 8.42. The molecule has 3 aliphatic rings. The highest BCUT2D eigenvalue weighted by Crippen LogP contribution is 2.65. The Labute approximate surface area is 101 Å². The van der Waals surface area contributed by atoms with Gasteiger partial charge in [-0.25, -0.2) is 0 Å². The van der Waals surface area contributed by atoms with Crippen LogP contribution in [0.1, 0.15) is 42.5 Å². The molecule has 1 heterocycles. The number of ketones is 1. The Hall–Kier alpha value is -1.31. The third-order valence-electron chi connectivity index (χ3n) is 5.03. The van der Waals surface area contributed by atoms with E-state index in [1.165, 1.54) is 32.1 Å². The minimum atomic E-state index is 0.276. The summed E-state index contributed by atoms with van der Waals surface area (Å²) >= 11 is 0. The fourth-order valence-electron chi connectivity index (χ4n) is 4.12. The van der Waals surface area contributed by atoms with E-state index in [9.17, 15) is 4.79 Å². The molecule has 2 saturated carbocycles. The zero-order chi connectivity index (χ0) is 11.5. The van der Waals surface area contributed by atoms with Crippen LogP contribution in [0.25, 0.3) is 0 Å². The van der Waals surface area contributed by atoms with Gasteiger partial charge < -0.3 is 5.32 Å². The van der Waals surface area contributed by atoms with Crippen LogP contribution >= 0.6 is 0 Å². The summed E-state index contributed by atoms with van der Waals surface area (Å²) in [6.45, 7) is 0. The molecule has 2 aliphatic carbocycles. The molecule has 0 saturated heterocycles. The van der Waals surface area contributed by atoms with Crippen molar-refractivity contribution < 1.29 is 4.79 Å². The molecule has 2 atom stereocenters. The quantitative estimate of drug-likeness (QED) is 0.737. The van der Waals surface area contributed by atoms with E-state index < -0.39 is 0 Å². The van der Waals surface area contributed by atoms with Gasteiger partial charge in [0.2, 0.25) is 0 Å². The van der Waals surface area contributed by atoms with Crippen LogP contribution in [-0.4, -0.2) is 11.8 Å². The summed E-state index contributed by atoms with van der Waals surface area (Å²) in [7, 11) is 0. The molecule has 1 aliphatic heterocycles. The first kappa shape index (κ1) is 9.69. The third kappa shape index (κ3) is 1.13. The average molecular weight is 227 g/mol. The summed E-state index contributed by atoms with van der Waals surface area (Å²) in [5.41, 5.74) is 2.28. The molecule has 0 radical (unpaired) electrons. The van der Waals surface area contributed by atoms with Crippen molar-refractivity contribution in [3.8, 4) is 0 Å². The zero-order valence-corrected chi connectivity index (χ0v) is 9.91. The molecule has 2 unspecified atom stereocenters. The Bertz CT molecular complexity index is 487. The molecule has 17 heavy (non-hydrogen) atoms. The number of nitrogens with one attached hydrogen (secondary N) is 1. The van der Waals surface area contributed by atoms with Crippen molar-refractivity contribution in [1.82, 2.24) is 0 Å². The number of fused-ring (bicyclic) bond motifs is 4. The Morgan fingerprint density at radius 2 is 1.88 bits per heavy atom. The topological polar surface area (TPSA) is 29.1 Å². The first-order chi connectivity index (χ1) is 8.33. The number of carbonyl (C=O) groups is 1. The molecular formula is C15H17NO. The highest BCUT2D eigenvalue weighted by Gasteiger charge is 2.68. The molecule has 1 aromatic rings. The number of carbonyl (C=O) groups excluding carboxylic acids is 1. The van der Waals surface area contributed by atoms with Crippen molar-refractivity contribution in [1.29, 1.82) is 0 Å². The van der Waals surface area contributed by atoms with Gasteiger partial charge in [0.15, 0.2) is 5.78 Å². The van der Waals surface area contributed by atoms with Crippen LogP contribution < -0.4 is 5.32 Å². The van der Waals surface area contributed by atoms with E-state index in [-0.39, 0.29) is 5.92 Å². The Balaban J connectivity index is 1.73. The van der Waals surface area contributed by atoms with Gasteiger partial charge in [-0.15, -0.1) is 0 Å². The molecule has 1 aromatic carbocycles. The summed E-state index contributed by atoms with van der Waals surface area (Å²) in [4.78, 5) is 12.5. The van der Waals surface area contributed by atoms with Crippen molar-refractivity contribution in [2.24, 2.45) is 11.3 Å². The van der Waals surface area contributed by atoms with Gasteiger partial charge in [-0.1, -0.05) is 31.4 Å². The van der Waals surface area contributed by atoms with Crippen LogP contribution in [-0.2, 0) is 0 Å². The number of benzene rings is 1. The zero-order valence-electron chi connectivity index (χ0n) is 9.91. The molecule has 88 valence electrons. The second-order valence-electron chi connectivity index (χ2n) is 5.80. The minimum absolute atomic E-state index is 0.276. The maximum atomic E-state index is 12.5. The predicted octanol–water partition coefficient (Wildman–Crippen LogP) is 3.24. The Morgan fingerprint density at radius 3 is 2.71 bits per heavy atom. The first-order valence-corrected chi connectivity index (χ1v) is 6.73. The van der Waals surface area contributed by atoms with E-state index in [4.69, 9.17) is 0 Å². The van der Waals surface area contributed by atoms with E-state index in [0.29, 0.717) is 17.2 Å². The van der Waals surface area contributed by atoms with Gasteiger partial charge in [-0.2, -0.15) is 0 Å². The average Bonchev–Trinajstić information content (AvgIpc) is 2.98. The number of rotatable bonds is 0. The minimum Gasteiger partial charge on any atom is -0.380 e. The van der Waals surface area contributed by atoms with Crippen LogP contribution in [0.4, 0.5) is 5.69 Å². The summed E-state index contributed by atoms with van der Waals surface area (Å²) < 4.78 is 0. The summed E-state index contributed by atoms with van der Waals surface area (Å²) in [5, 5.41) is 3.60. The normalized spacial score (nSPS) is 32.6. The standard InChI is InChI=1S/C15H17NO/c17-13-10-6-2-3-7-11(10)16-14-12(13)15(14)8-4-1-5-9-15/h2-3,6-7,12,14,16H,1,4-5,8-9H2. The van der Waals surface area contributed by atoms with Crippen molar-refractivity contribution in [3.05, 3.63) is 29.8 Å². The molecular weight excluding hydrogens is 210 g/mol. The van der Waals surface area contributed by atoms with Crippen LogP contribution in [0.15, 0.2) is 24.3 Å². The monoisotopic (exact) mass is 227 g/mol. The highest BCUT2D eigenvalue weighted by atomic mass is 16.1. The third-order valence-corrected chi connectivity index (χ3v) is 5.03. The number of para-hydroxylation sites is 1. The lowest BCUT2D eigenvalue weighted by Crippen LogP contribution is -2.19. The number of hydrogen-bond donors (Lipinski definition) is 1. The predicted molar refractivity (Wildman–Crippen MR) is 67.2 cm³/mol. The second kappa shape index (κ2) is 3.12. The maximum Gasteiger partial charge on any atom is 0.170 e. The van der Waals surface area contributed by atoms with Gasteiger partial charge in [-0.3, -0.25) is 4.79 Å². The first-order valence-electron chi connectivity index (χ1n) is 6.73. The van der Waals surface area contributed by atoms with Crippen molar-refractivity contribution in [3.63, 3.8) is 0 Å². The van der Waals surface area contributed by atoms with Gasteiger partial charge in [0.25, 0.3) is 0 Å². The summed E-state index contributed by atoms with van der Waals surface area (Å²) in [6.07, 6.45) is 6.45. The molecule has 0 amide bonds. The Morgan fingerprint density at radius 1 is 1.12 bits per heavy atom. The van der Waals surface area contributed by atoms with E-state index in [1.807, 2.05) is 24.3 Å². The molecule has 0 aromatic heterocycles. The molecule has 2 fully saturated rings. The van der Waals surface area contributed by atoms with Crippen LogP contribution in [0.2, 0.25) is 0 Å². The second-order valence-corrected chi connectivity index (χ2v) is 5.80. The van der Waals surface area contributed by atoms with E-state index >= 15 is 0 Å². The van der Waals surface area contributed by atoms with Gasteiger partial charge in [-0.05, 0) is 25.0 Å². The molecule has 2 nitrogen and oxygen atoms in total. The van der Waals surface area contributed by atoms with Crippen molar-refractivity contribution in [2.45, 2.75) is 38.1 Å². The van der Waals surface area contributed by atoms with Crippen LogP contribution in [0.5, 0.6) is 0 Å². The lowest BCUT2D eigenvalue weighted by atomic mass is 9.83. The fourth-order valence-corrected chi connectivity index (χ4v) is 4.12. The molecule has 1 N–H and O–H groups in total. The largest absolute Gasteiger partial charge is 0.380 e. The number of Topliss-reactive ketones (excluding diaryl/α,β-unsaturated/α-hetero) is 1. The SMILES string of the molecule is O=C1c2ccccc2NC2C1C21CCCCC1. The number of anilines is 1. The Kier molecular flexibility index (Phi) is 1.78. The lowest BCUT2D eigenvalue weighted by molar-refractivity contribution is 0.0938. The van der Waals surface area contributed by atoms with Gasteiger partial charge >= 0.3 is 0 Å². The fraction of sp³-hybridized carbons (Fsp3) is 0.533. The maximum absolute atomic E-state index is 12.5. The van der Waals surface area contributed by atoms with E-state index in [1.54, 1.807) is 0 Å². The van der Waals surface area contributed by atoms with Gasteiger partial charge in [0, 0.05) is 22.7 Å². The van der Waals surface area contributed by atoms with E-state index in [0.717, 1.165) is 11.3 Å². The van der Waals surface area contributed by atoms with Crippen molar-refractivity contribution >= 4 is 11.5 Å².